The normalized spacial score (nSPS) is 16.4. The maximum absolute atomic E-state index is 4.49. The second kappa shape index (κ2) is 6.44. The van der Waals surface area contributed by atoms with Gasteiger partial charge in [0, 0.05) is 42.8 Å². The number of rotatable bonds is 3. The van der Waals surface area contributed by atoms with Crippen LogP contribution in [0.25, 0.3) is 10.9 Å². The molecule has 1 aliphatic heterocycles. The molecule has 6 heteroatoms. The number of likely N-dealkylation sites (tertiary alicyclic amines) is 1. The van der Waals surface area contributed by atoms with E-state index in [0.29, 0.717) is 11.9 Å². The summed E-state index contributed by atoms with van der Waals surface area (Å²) in [6.07, 6.45) is 8.15. The molecule has 0 atom stereocenters. The second-order valence-corrected chi connectivity index (χ2v) is 7.02. The minimum Gasteiger partial charge on any atom is -0.348 e. The highest BCUT2D eigenvalue weighted by Gasteiger charge is 2.19. The van der Waals surface area contributed by atoms with Crippen LogP contribution in [0.5, 0.6) is 0 Å². The molecule has 130 valence electrons. The Labute approximate surface area is 147 Å². The molecule has 1 aliphatic rings. The van der Waals surface area contributed by atoms with Crippen LogP contribution >= 0.6 is 0 Å². The van der Waals surface area contributed by atoms with Crippen LogP contribution < -0.4 is 5.32 Å². The van der Waals surface area contributed by atoms with Crippen LogP contribution in [0.1, 0.15) is 30.0 Å². The van der Waals surface area contributed by atoms with E-state index in [1.54, 1.807) is 0 Å². The zero-order chi connectivity index (χ0) is 17.4. The van der Waals surface area contributed by atoms with E-state index in [4.69, 9.17) is 0 Å². The van der Waals surface area contributed by atoms with Crippen molar-refractivity contribution in [2.45, 2.75) is 25.7 Å². The minimum atomic E-state index is 0.575. The number of aryl methyl sites for hydroxylation is 2. The smallest absolute Gasteiger partial charge is 0.228 e. The molecular formula is C19H24N6. The fourth-order valence-corrected chi connectivity index (χ4v) is 3.51. The van der Waals surface area contributed by atoms with E-state index in [2.05, 4.69) is 56.8 Å². The molecule has 1 N–H and O–H groups in total. The average Bonchev–Trinajstić information content (AvgIpc) is 2.91. The Hall–Kier alpha value is -2.47. The number of nitrogens with one attached hydrogen (secondary N) is 1. The van der Waals surface area contributed by atoms with Crippen molar-refractivity contribution in [2.75, 3.05) is 25.5 Å². The third-order valence-corrected chi connectivity index (χ3v) is 5.27. The average molecular weight is 336 g/mol. The fraction of sp³-hybridized carbons (Fsp3) is 0.421. The van der Waals surface area contributed by atoms with Gasteiger partial charge in [-0.05, 0) is 57.5 Å². The van der Waals surface area contributed by atoms with Crippen molar-refractivity contribution >= 4 is 22.7 Å². The highest BCUT2D eigenvalue weighted by molar-refractivity contribution is 5.83. The molecule has 4 rings (SSSR count). The summed E-state index contributed by atoms with van der Waals surface area (Å²) >= 11 is 0. The predicted octanol–water partition coefficient (Wildman–Crippen LogP) is 3.22. The Balaban J connectivity index is 1.50. The molecule has 0 amide bonds. The fourth-order valence-electron chi connectivity index (χ4n) is 3.51. The monoisotopic (exact) mass is 336 g/mol. The summed E-state index contributed by atoms with van der Waals surface area (Å²) in [5, 5.41) is 4.36. The number of hydrogen-bond donors (Lipinski definition) is 1. The Morgan fingerprint density at radius 1 is 1.00 bits per heavy atom. The maximum Gasteiger partial charge on any atom is 0.228 e. The van der Waals surface area contributed by atoms with Crippen molar-refractivity contribution in [1.82, 2.24) is 24.4 Å². The summed E-state index contributed by atoms with van der Waals surface area (Å²) in [6, 6.07) is 4.18. The number of nitrogens with zero attached hydrogens (tertiary/aromatic N) is 5. The molecule has 1 saturated heterocycles. The van der Waals surface area contributed by atoms with Crippen molar-refractivity contribution in [3.63, 3.8) is 0 Å². The van der Waals surface area contributed by atoms with Gasteiger partial charge in [0.15, 0.2) is 0 Å². The Bertz CT molecular complexity index is 875. The van der Waals surface area contributed by atoms with Crippen molar-refractivity contribution in [3.05, 3.63) is 42.0 Å². The summed E-state index contributed by atoms with van der Waals surface area (Å²) in [4.78, 5) is 15.8. The number of hydrogen-bond acceptors (Lipinski definition) is 5. The van der Waals surface area contributed by atoms with Gasteiger partial charge in [-0.1, -0.05) is 0 Å². The van der Waals surface area contributed by atoms with Gasteiger partial charge >= 0.3 is 0 Å². The highest BCUT2D eigenvalue weighted by atomic mass is 15.1. The first-order valence-corrected chi connectivity index (χ1v) is 8.80. The van der Waals surface area contributed by atoms with E-state index in [9.17, 15) is 0 Å². The van der Waals surface area contributed by atoms with Crippen LogP contribution in [0.2, 0.25) is 0 Å². The summed E-state index contributed by atoms with van der Waals surface area (Å²) in [7, 11) is 4.24. The topological polar surface area (TPSA) is 58.9 Å². The second-order valence-electron chi connectivity index (χ2n) is 7.02. The summed E-state index contributed by atoms with van der Waals surface area (Å²) in [5.41, 5.74) is 3.60. The van der Waals surface area contributed by atoms with E-state index >= 15 is 0 Å². The van der Waals surface area contributed by atoms with Crippen LogP contribution in [-0.2, 0) is 7.05 Å². The van der Waals surface area contributed by atoms with Crippen LogP contribution in [-0.4, -0.2) is 44.6 Å². The zero-order valence-corrected chi connectivity index (χ0v) is 15.0. The first kappa shape index (κ1) is 16.0. The Morgan fingerprint density at radius 2 is 1.72 bits per heavy atom. The molecule has 0 aromatic carbocycles. The predicted molar refractivity (Wildman–Crippen MR) is 100 cm³/mol. The van der Waals surface area contributed by atoms with Gasteiger partial charge in [-0.15, -0.1) is 0 Å². The quantitative estimate of drug-likeness (QED) is 0.796. The van der Waals surface area contributed by atoms with Crippen molar-refractivity contribution in [2.24, 2.45) is 7.05 Å². The molecule has 3 aromatic heterocycles. The van der Waals surface area contributed by atoms with Crippen LogP contribution in [0, 0.1) is 6.92 Å². The lowest BCUT2D eigenvalue weighted by molar-refractivity contribution is 0.255. The molecule has 0 bridgehead atoms. The van der Waals surface area contributed by atoms with E-state index in [-0.39, 0.29) is 0 Å². The number of anilines is 2. The number of pyridine rings is 1. The summed E-state index contributed by atoms with van der Waals surface area (Å²) in [6.45, 7) is 4.38. The number of aromatic nitrogens is 4. The minimum absolute atomic E-state index is 0.575. The first-order chi connectivity index (χ1) is 12.1. The van der Waals surface area contributed by atoms with Gasteiger partial charge in [-0.3, -0.25) is 0 Å². The molecule has 0 spiro atoms. The largest absolute Gasteiger partial charge is 0.348 e. The SMILES string of the molecule is Cc1cc2cnc(Nc3ncc(C4CCN(C)CC4)cn3)cc2n1C. The molecule has 0 saturated carbocycles. The standard InChI is InChI=1S/C19H24N6/c1-13-8-15-10-20-18(9-17(15)25(13)3)23-19-21-11-16(12-22-19)14-4-6-24(2)7-5-14/h8-12,14H,4-7H2,1-3H3,(H,20,21,22,23). The lowest BCUT2D eigenvalue weighted by Gasteiger charge is -2.28. The molecule has 6 nitrogen and oxygen atoms in total. The summed E-state index contributed by atoms with van der Waals surface area (Å²) in [5.74, 6) is 1.93. The van der Waals surface area contributed by atoms with Gasteiger partial charge in [-0.25, -0.2) is 15.0 Å². The molecule has 1 fully saturated rings. The molecular weight excluding hydrogens is 312 g/mol. The maximum atomic E-state index is 4.49. The van der Waals surface area contributed by atoms with Crippen LogP contribution in [0.3, 0.4) is 0 Å². The van der Waals surface area contributed by atoms with Gasteiger partial charge in [0.1, 0.15) is 5.82 Å². The van der Waals surface area contributed by atoms with Crippen LogP contribution in [0.4, 0.5) is 11.8 Å². The Kier molecular flexibility index (Phi) is 4.13. The van der Waals surface area contributed by atoms with Crippen LogP contribution in [0.15, 0.2) is 30.7 Å². The van der Waals surface area contributed by atoms with E-state index in [0.717, 1.165) is 29.8 Å². The van der Waals surface area contributed by atoms with Gasteiger partial charge < -0.3 is 14.8 Å². The molecule has 0 radical (unpaired) electrons. The van der Waals surface area contributed by atoms with Crippen molar-refractivity contribution in [1.29, 1.82) is 0 Å². The van der Waals surface area contributed by atoms with E-state index in [1.165, 1.54) is 24.1 Å². The first-order valence-electron chi connectivity index (χ1n) is 8.80. The molecule has 0 aliphatic carbocycles. The lowest BCUT2D eigenvalue weighted by atomic mass is 9.92. The van der Waals surface area contributed by atoms with Gasteiger partial charge in [0.25, 0.3) is 0 Å². The van der Waals surface area contributed by atoms with Gasteiger partial charge in [-0.2, -0.15) is 0 Å². The van der Waals surface area contributed by atoms with E-state index < -0.39 is 0 Å². The number of piperidine rings is 1. The van der Waals surface area contributed by atoms with E-state index in [1.807, 2.05) is 24.7 Å². The summed E-state index contributed by atoms with van der Waals surface area (Å²) < 4.78 is 2.16. The van der Waals surface area contributed by atoms with Gasteiger partial charge in [0.2, 0.25) is 5.95 Å². The third kappa shape index (κ3) is 3.22. The zero-order valence-electron chi connectivity index (χ0n) is 15.0. The van der Waals surface area contributed by atoms with Crippen molar-refractivity contribution < 1.29 is 0 Å². The van der Waals surface area contributed by atoms with Gasteiger partial charge in [0.05, 0.1) is 5.52 Å². The Morgan fingerprint density at radius 3 is 2.44 bits per heavy atom. The highest BCUT2D eigenvalue weighted by Crippen LogP contribution is 2.27. The van der Waals surface area contributed by atoms with Crippen molar-refractivity contribution in [3.8, 4) is 0 Å². The lowest BCUT2D eigenvalue weighted by Crippen LogP contribution is -2.29. The number of fused-ring (bicyclic) bond motifs is 1. The third-order valence-electron chi connectivity index (χ3n) is 5.27. The molecule has 3 aromatic rings. The molecule has 25 heavy (non-hydrogen) atoms. The molecule has 4 heterocycles. The molecule has 0 unspecified atom stereocenters.